The van der Waals surface area contributed by atoms with Gasteiger partial charge in [0.15, 0.2) is 0 Å². The first-order chi connectivity index (χ1) is 9.17. The molecule has 1 fully saturated rings. The Morgan fingerprint density at radius 1 is 1.35 bits per heavy atom. The van der Waals surface area contributed by atoms with Crippen molar-refractivity contribution >= 4 is 47.3 Å². The summed E-state index contributed by atoms with van der Waals surface area (Å²) in [6, 6.07) is 1.82. The van der Waals surface area contributed by atoms with Crippen LogP contribution in [0, 0.1) is 17.6 Å². The highest BCUT2D eigenvalue weighted by Gasteiger charge is 2.34. The zero-order chi connectivity index (χ0) is 15.1. The third-order valence-corrected chi connectivity index (χ3v) is 4.78. The highest BCUT2D eigenvalue weighted by Crippen LogP contribution is 2.32. The smallest absolute Gasteiger partial charge is 0.232 e. The molecule has 0 saturated carbocycles. The summed E-state index contributed by atoms with van der Waals surface area (Å²) >= 11 is 2.91. The van der Waals surface area contributed by atoms with Crippen molar-refractivity contribution in [1.29, 1.82) is 0 Å². The van der Waals surface area contributed by atoms with E-state index in [0.29, 0.717) is 6.07 Å². The molecule has 0 aromatic heterocycles. The van der Waals surface area contributed by atoms with E-state index in [4.69, 9.17) is 10.7 Å². The molecular formula is C11H9BrClF2NO3S. The van der Waals surface area contributed by atoms with E-state index in [9.17, 15) is 22.0 Å². The van der Waals surface area contributed by atoms with E-state index in [2.05, 4.69) is 15.9 Å². The van der Waals surface area contributed by atoms with Crippen LogP contribution >= 0.6 is 26.6 Å². The fourth-order valence-electron chi connectivity index (χ4n) is 2.13. The van der Waals surface area contributed by atoms with E-state index < -0.39 is 32.5 Å². The minimum Gasteiger partial charge on any atom is -0.309 e. The molecule has 1 saturated heterocycles. The lowest BCUT2D eigenvalue weighted by atomic mass is 10.1. The summed E-state index contributed by atoms with van der Waals surface area (Å²) in [5.74, 6) is -2.95. The third-order valence-electron chi connectivity index (χ3n) is 2.92. The third kappa shape index (κ3) is 3.48. The minimum absolute atomic E-state index is 0.0233. The fourth-order valence-corrected chi connectivity index (χ4v) is 3.78. The number of hydrogen-bond acceptors (Lipinski definition) is 3. The number of benzene rings is 1. The highest BCUT2D eigenvalue weighted by atomic mass is 79.9. The molecule has 0 spiro atoms. The molecule has 1 aromatic carbocycles. The molecule has 110 valence electrons. The summed E-state index contributed by atoms with van der Waals surface area (Å²) in [6.45, 7) is 0.0276. The Balaban J connectivity index is 2.26. The van der Waals surface area contributed by atoms with Gasteiger partial charge in [0.1, 0.15) is 11.6 Å². The van der Waals surface area contributed by atoms with Crippen molar-refractivity contribution in [2.45, 2.75) is 6.42 Å². The average Bonchev–Trinajstić information content (AvgIpc) is 2.62. The summed E-state index contributed by atoms with van der Waals surface area (Å²) < 4.78 is 48.9. The molecule has 1 unspecified atom stereocenters. The zero-order valence-electron chi connectivity index (χ0n) is 9.95. The summed E-state index contributed by atoms with van der Waals surface area (Å²) in [4.78, 5) is 12.9. The van der Waals surface area contributed by atoms with Crippen molar-refractivity contribution in [3.05, 3.63) is 28.2 Å². The molecule has 1 aliphatic heterocycles. The second-order valence-electron chi connectivity index (χ2n) is 4.50. The van der Waals surface area contributed by atoms with Crippen LogP contribution in [0.15, 0.2) is 16.6 Å². The largest absolute Gasteiger partial charge is 0.309 e. The van der Waals surface area contributed by atoms with Gasteiger partial charge in [0, 0.05) is 35.6 Å². The van der Waals surface area contributed by atoms with E-state index in [0.717, 1.165) is 11.0 Å². The number of halogens is 4. The molecule has 0 bridgehead atoms. The molecule has 1 aromatic rings. The molecule has 9 heteroatoms. The molecule has 0 aliphatic carbocycles. The van der Waals surface area contributed by atoms with Gasteiger partial charge in [0.25, 0.3) is 0 Å². The van der Waals surface area contributed by atoms with Crippen LogP contribution in [0.25, 0.3) is 0 Å². The topological polar surface area (TPSA) is 54.5 Å². The Morgan fingerprint density at radius 3 is 2.60 bits per heavy atom. The maximum Gasteiger partial charge on any atom is 0.232 e. The SMILES string of the molecule is O=C1CC(CS(=O)(=O)Cl)CN1c1cc(Br)c(F)cc1F. The van der Waals surface area contributed by atoms with Crippen LogP contribution in [0.2, 0.25) is 0 Å². The maximum absolute atomic E-state index is 13.7. The lowest BCUT2D eigenvalue weighted by Gasteiger charge is -2.18. The Hall–Kier alpha value is -0.730. The van der Waals surface area contributed by atoms with Gasteiger partial charge in [-0.15, -0.1) is 0 Å². The molecule has 1 amide bonds. The van der Waals surface area contributed by atoms with Gasteiger partial charge < -0.3 is 4.90 Å². The van der Waals surface area contributed by atoms with Crippen LogP contribution in [-0.2, 0) is 13.8 Å². The predicted molar refractivity (Wildman–Crippen MR) is 74.2 cm³/mol. The van der Waals surface area contributed by atoms with Crippen LogP contribution in [0.4, 0.5) is 14.5 Å². The number of hydrogen-bond donors (Lipinski definition) is 0. The van der Waals surface area contributed by atoms with Gasteiger partial charge in [-0.25, -0.2) is 17.2 Å². The summed E-state index contributed by atoms with van der Waals surface area (Å²) in [7, 11) is 1.41. The Kier molecular flexibility index (Phi) is 4.36. The molecule has 1 atom stereocenters. The lowest BCUT2D eigenvalue weighted by molar-refractivity contribution is -0.117. The van der Waals surface area contributed by atoms with Crippen molar-refractivity contribution in [3.8, 4) is 0 Å². The first-order valence-corrected chi connectivity index (χ1v) is 8.82. The highest BCUT2D eigenvalue weighted by molar-refractivity contribution is 9.10. The normalized spacial score (nSPS) is 19.7. The first kappa shape index (κ1) is 15.7. The van der Waals surface area contributed by atoms with Crippen molar-refractivity contribution < 1.29 is 22.0 Å². The average molecular weight is 389 g/mol. The first-order valence-electron chi connectivity index (χ1n) is 5.54. The van der Waals surface area contributed by atoms with Gasteiger partial charge >= 0.3 is 0 Å². The van der Waals surface area contributed by atoms with Crippen LogP contribution in [0.1, 0.15) is 6.42 Å². The number of carbonyl (C=O) groups excluding carboxylic acids is 1. The number of carbonyl (C=O) groups is 1. The molecule has 0 radical (unpaired) electrons. The van der Waals surface area contributed by atoms with Crippen LogP contribution in [-0.4, -0.2) is 26.6 Å². The minimum atomic E-state index is -3.73. The van der Waals surface area contributed by atoms with Gasteiger partial charge in [-0.3, -0.25) is 4.79 Å². The van der Waals surface area contributed by atoms with Crippen molar-refractivity contribution in [3.63, 3.8) is 0 Å². The van der Waals surface area contributed by atoms with Crippen molar-refractivity contribution in [1.82, 2.24) is 0 Å². The number of amides is 1. The molecule has 1 aliphatic rings. The van der Waals surface area contributed by atoms with Crippen LogP contribution in [0.5, 0.6) is 0 Å². The number of anilines is 1. The van der Waals surface area contributed by atoms with Gasteiger partial charge in [-0.2, -0.15) is 0 Å². The number of rotatable bonds is 3. The van der Waals surface area contributed by atoms with E-state index in [1.165, 1.54) is 0 Å². The fraction of sp³-hybridized carbons (Fsp3) is 0.364. The Bertz CT molecular complexity index is 668. The second kappa shape index (κ2) is 5.57. The standard InChI is InChI=1S/C11H9BrClF2NO3S/c12-7-2-10(9(15)3-8(7)14)16-4-6(1-11(16)17)5-20(13,18)19/h2-3,6H,1,4-5H2. The van der Waals surface area contributed by atoms with Gasteiger partial charge in [-0.1, -0.05) is 0 Å². The maximum atomic E-state index is 13.7. The summed E-state index contributed by atoms with van der Waals surface area (Å²) in [5, 5.41) is 0. The van der Waals surface area contributed by atoms with Gasteiger partial charge in [0.2, 0.25) is 15.0 Å². The number of nitrogens with zero attached hydrogens (tertiary/aromatic N) is 1. The summed E-state index contributed by atoms with van der Waals surface area (Å²) in [6.07, 6.45) is -0.0413. The lowest BCUT2D eigenvalue weighted by Crippen LogP contribution is -2.26. The second-order valence-corrected chi connectivity index (χ2v) is 8.17. The van der Waals surface area contributed by atoms with E-state index in [1.807, 2.05) is 0 Å². The van der Waals surface area contributed by atoms with Crippen LogP contribution in [0.3, 0.4) is 0 Å². The molecule has 2 rings (SSSR count). The van der Waals surface area contributed by atoms with Gasteiger partial charge in [0.05, 0.1) is 15.9 Å². The molecule has 1 heterocycles. The summed E-state index contributed by atoms with van der Waals surface area (Å²) in [5.41, 5.74) is -0.0854. The monoisotopic (exact) mass is 387 g/mol. The van der Waals surface area contributed by atoms with E-state index in [-0.39, 0.29) is 28.9 Å². The Labute approximate surface area is 127 Å². The quantitative estimate of drug-likeness (QED) is 0.591. The molecule has 0 N–H and O–H groups in total. The zero-order valence-corrected chi connectivity index (χ0v) is 13.1. The van der Waals surface area contributed by atoms with Crippen molar-refractivity contribution in [2.75, 3.05) is 17.2 Å². The van der Waals surface area contributed by atoms with Crippen LogP contribution < -0.4 is 4.90 Å². The molecular weight excluding hydrogens is 380 g/mol. The van der Waals surface area contributed by atoms with E-state index >= 15 is 0 Å². The molecule has 4 nitrogen and oxygen atoms in total. The van der Waals surface area contributed by atoms with Crippen molar-refractivity contribution in [2.24, 2.45) is 5.92 Å². The van der Waals surface area contributed by atoms with Gasteiger partial charge in [-0.05, 0) is 22.0 Å². The molecule has 20 heavy (non-hydrogen) atoms. The van der Waals surface area contributed by atoms with E-state index in [1.54, 1.807) is 0 Å². The Morgan fingerprint density at radius 2 is 2.00 bits per heavy atom. The predicted octanol–water partition coefficient (Wildman–Crippen LogP) is 2.65.